The summed E-state index contributed by atoms with van der Waals surface area (Å²) in [6, 6.07) is 4.60. The summed E-state index contributed by atoms with van der Waals surface area (Å²) in [5, 5.41) is 0. The highest BCUT2D eigenvalue weighted by Crippen LogP contribution is 2.22. The molecule has 0 aliphatic heterocycles. The Hall–Kier alpha value is -1.04. The Morgan fingerprint density at radius 2 is 2.00 bits per heavy atom. The first-order chi connectivity index (χ1) is 7.29. The molecule has 0 aromatic heterocycles. The Balaban J connectivity index is 2.70. The topological polar surface area (TPSA) is 43.1 Å². The minimum absolute atomic E-state index is 0.385. The highest BCUT2D eigenvalue weighted by atomic mass is 32.2. The average Bonchev–Trinajstić information content (AvgIpc) is 2.17. The van der Waals surface area contributed by atoms with Gasteiger partial charge in [-0.3, -0.25) is 4.21 Å². The van der Waals surface area contributed by atoms with Crippen LogP contribution in [0.25, 0.3) is 0 Å². The van der Waals surface area contributed by atoms with E-state index in [-0.39, 0.29) is 0 Å². The highest BCUT2D eigenvalue weighted by molar-refractivity contribution is 7.85. The minimum atomic E-state index is -4.27. The number of benzene rings is 1. The molecule has 1 aromatic rings. The number of anilines is 1. The third-order valence-electron chi connectivity index (χ3n) is 2.08. The second kappa shape index (κ2) is 4.86. The molecule has 0 spiro atoms. The van der Waals surface area contributed by atoms with Crippen molar-refractivity contribution in [3.8, 4) is 0 Å². The van der Waals surface area contributed by atoms with Crippen LogP contribution in [-0.4, -0.2) is 16.1 Å². The predicted octanol–water partition coefficient (Wildman–Crippen LogP) is 2.64. The van der Waals surface area contributed by atoms with E-state index in [2.05, 4.69) is 0 Å². The molecule has 0 fully saturated rings. The standard InChI is InChI=1S/C10H12F3NOS/c1-7-6-8(2-3-9(7)14)16(15)5-4-10(11,12)13/h2-3,6H,4-5,14H2,1H3. The van der Waals surface area contributed by atoms with Gasteiger partial charge in [0.2, 0.25) is 0 Å². The van der Waals surface area contributed by atoms with E-state index >= 15 is 0 Å². The van der Waals surface area contributed by atoms with Gasteiger partial charge in [0.05, 0.1) is 17.2 Å². The Morgan fingerprint density at radius 1 is 1.38 bits per heavy atom. The highest BCUT2D eigenvalue weighted by Gasteiger charge is 2.27. The molecule has 0 saturated carbocycles. The van der Waals surface area contributed by atoms with Crippen LogP contribution in [-0.2, 0) is 10.8 Å². The molecule has 2 nitrogen and oxygen atoms in total. The van der Waals surface area contributed by atoms with Gasteiger partial charge in [0.15, 0.2) is 0 Å². The van der Waals surface area contributed by atoms with Gasteiger partial charge in [-0.1, -0.05) is 0 Å². The molecule has 0 aliphatic rings. The van der Waals surface area contributed by atoms with Gasteiger partial charge in [0, 0.05) is 16.3 Å². The van der Waals surface area contributed by atoms with Gasteiger partial charge in [-0.15, -0.1) is 0 Å². The van der Waals surface area contributed by atoms with Gasteiger partial charge in [-0.05, 0) is 30.7 Å². The third kappa shape index (κ3) is 3.84. The molecule has 16 heavy (non-hydrogen) atoms. The van der Waals surface area contributed by atoms with Crippen LogP contribution < -0.4 is 5.73 Å². The number of aryl methyl sites for hydroxylation is 1. The Morgan fingerprint density at radius 3 is 2.50 bits per heavy atom. The molecular formula is C10H12F3NOS. The number of alkyl halides is 3. The van der Waals surface area contributed by atoms with Crippen molar-refractivity contribution >= 4 is 16.5 Å². The fourth-order valence-corrected chi connectivity index (χ4v) is 2.30. The van der Waals surface area contributed by atoms with E-state index in [1.165, 1.54) is 6.07 Å². The second-order valence-corrected chi connectivity index (χ2v) is 5.00. The molecule has 1 atom stereocenters. The van der Waals surface area contributed by atoms with Crippen LogP contribution in [0, 0.1) is 6.92 Å². The normalized spacial score (nSPS) is 13.8. The molecule has 0 amide bonds. The Bertz CT molecular complexity index is 404. The zero-order valence-corrected chi connectivity index (χ0v) is 9.49. The first-order valence-corrected chi connectivity index (χ1v) is 5.93. The van der Waals surface area contributed by atoms with Gasteiger partial charge in [-0.2, -0.15) is 13.2 Å². The minimum Gasteiger partial charge on any atom is -0.399 e. The van der Waals surface area contributed by atoms with E-state index in [4.69, 9.17) is 5.73 Å². The van der Waals surface area contributed by atoms with Crippen molar-refractivity contribution in [3.05, 3.63) is 23.8 Å². The monoisotopic (exact) mass is 251 g/mol. The summed E-state index contributed by atoms with van der Waals surface area (Å²) in [6.07, 6.45) is -5.30. The summed E-state index contributed by atoms with van der Waals surface area (Å²) in [6.45, 7) is 1.72. The van der Waals surface area contributed by atoms with Gasteiger partial charge < -0.3 is 5.73 Å². The third-order valence-corrected chi connectivity index (χ3v) is 3.43. The number of halogens is 3. The molecule has 6 heteroatoms. The molecule has 90 valence electrons. The van der Waals surface area contributed by atoms with Crippen LogP contribution in [0.1, 0.15) is 12.0 Å². The van der Waals surface area contributed by atoms with Crippen LogP contribution in [0.4, 0.5) is 18.9 Å². The summed E-state index contributed by atoms with van der Waals surface area (Å²) in [5.41, 5.74) is 6.81. The fraction of sp³-hybridized carbons (Fsp3) is 0.400. The van der Waals surface area contributed by atoms with Crippen molar-refractivity contribution in [3.63, 3.8) is 0 Å². The van der Waals surface area contributed by atoms with E-state index in [0.717, 1.165) is 5.56 Å². The van der Waals surface area contributed by atoms with Crippen molar-refractivity contribution in [2.45, 2.75) is 24.4 Å². The van der Waals surface area contributed by atoms with Crippen LogP contribution in [0.3, 0.4) is 0 Å². The number of hydrogen-bond donors (Lipinski definition) is 1. The molecule has 1 rings (SSSR count). The Labute approximate surface area is 94.1 Å². The smallest absolute Gasteiger partial charge is 0.390 e. The van der Waals surface area contributed by atoms with Crippen molar-refractivity contribution in [1.82, 2.24) is 0 Å². The lowest BCUT2D eigenvalue weighted by Crippen LogP contribution is -2.12. The van der Waals surface area contributed by atoms with Gasteiger partial charge in [0.25, 0.3) is 0 Å². The van der Waals surface area contributed by atoms with E-state index in [0.29, 0.717) is 10.6 Å². The van der Waals surface area contributed by atoms with Crippen LogP contribution in [0.15, 0.2) is 23.1 Å². The maximum absolute atomic E-state index is 11.9. The summed E-state index contributed by atoms with van der Waals surface area (Å²) in [7, 11) is -1.62. The van der Waals surface area contributed by atoms with E-state index < -0.39 is 29.1 Å². The molecule has 1 aromatic carbocycles. The largest absolute Gasteiger partial charge is 0.399 e. The molecule has 0 heterocycles. The van der Waals surface area contributed by atoms with E-state index in [1.54, 1.807) is 19.1 Å². The Kier molecular flexibility index (Phi) is 3.96. The average molecular weight is 251 g/mol. The predicted molar refractivity (Wildman–Crippen MR) is 57.5 cm³/mol. The van der Waals surface area contributed by atoms with Crippen molar-refractivity contribution in [2.75, 3.05) is 11.5 Å². The first kappa shape index (κ1) is 13.0. The SMILES string of the molecule is Cc1cc(S(=O)CCC(F)(F)F)ccc1N. The summed E-state index contributed by atoms with van der Waals surface area (Å²) < 4.78 is 47.3. The molecule has 2 N–H and O–H groups in total. The summed E-state index contributed by atoms with van der Waals surface area (Å²) in [4.78, 5) is 0.385. The number of rotatable bonds is 3. The number of nitrogen functional groups attached to an aromatic ring is 1. The van der Waals surface area contributed by atoms with Gasteiger partial charge >= 0.3 is 6.18 Å². The van der Waals surface area contributed by atoms with Crippen molar-refractivity contribution < 1.29 is 17.4 Å². The molecule has 1 unspecified atom stereocenters. The molecule has 0 aliphatic carbocycles. The van der Waals surface area contributed by atoms with E-state index in [9.17, 15) is 17.4 Å². The summed E-state index contributed by atoms with van der Waals surface area (Å²) in [5.74, 6) is -0.410. The number of hydrogen-bond acceptors (Lipinski definition) is 2. The summed E-state index contributed by atoms with van der Waals surface area (Å²) >= 11 is 0. The van der Waals surface area contributed by atoms with Crippen LogP contribution in [0.5, 0.6) is 0 Å². The van der Waals surface area contributed by atoms with Gasteiger partial charge in [0.1, 0.15) is 0 Å². The lowest BCUT2D eigenvalue weighted by atomic mass is 10.2. The first-order valence-electron chi connectivity index (χ1n) is 4.61. The van der Waals surface area contributed by atoms with Crippen LogP contribution >= 0.6 is 0 Å². The molecule has 0 radical (unpaired) electrons. The lowest BCUT2D eigenvalue weighted by Gasteiger charge is -2.07. The van der Waals surface area contributed by atoms with E-state index in [1.807, 2.05) is 0 Å². The lowest BCUT2D eigenvalue weighted by molar-refractivity contribution is -0.129. The molecule has 0 saturated heterocycles. The number of nitrogens with two attached hydrogens (primary N) is 1. The second-order valence-electron chi connectivity index (χ2n) is 3.43. The zero-order valence-electron chi connectivity index (χ0n) is 8.67. The zero-order chi connectivity index (χ0) is 12.3. The molecular weight excluding hydrogens is 239 g/mol. The van der Waals surface area contributed by atoms with Crippen molar-refractivity contribution in [1.29, 1.82) is 0 Å². The van der Waals surface area contributed by atoms with Crippen LogP contribution in [0.2, 0.25) is 0 Å². The molecule has 0 bridgehead atoms. The quantitative estimate of drug-likeness (QED) is 0.839. The maximum Gasteiger partial charge on any atom is 0.390 e. The fourth-order valence-electron chi connectivity index (χ4n) is 1.12. The van der Waals surface area contributed by atoms with Crippen molar-refractivity contribution in [2.24, 2.45) is 0 Å². The van der Waals surface area contributed by atoms with Gasteiger partial charge in [-0.25, -0.2) is 0 Å². The maximum atomic E-state index is 11.9.